The first-order chi connectivity index (χ1) is 10.0. The molecule has 2 N–H and O–H groups in total. The first-order valence-corrected chi connectivity index (χ1v) is 6.80. The predicted octanol–water partition coefficient (Wildman–Crippen LogP) is 0.713. The van der Waals surface area contributed by atoms with E-state index in [2.05, 4.69) is 20.5 Å². The van der Waals surface area contributed by atoms with Gasteiger partial charge in [0, 0.05) is 26.2 Å². The summed E-state index contributed by atoms with van der Waals surface area (Å²) in [6.45, 7) is 2.47. The molecule has 2 heterocycles. The molecule has 1 aromatic rings. The largest absolute Gasteiger partial charge is 0.373 e. The number of nitrogens with one attached hydrogen (secondary N) is 2. The van der Waals surface area contributed by atoms with Crippen LogP contribution in [0.5, 0.6) is 0 Å². The van der Waals surface area contributed by atoms with Gasteiger partial charge in [-0.05, 0) is 25.9 Å². The number of nitrogens with zero attached hydrogens (tertiary/aromatic N) is 3. The Morgan fingerprint density at radius 1 is 1.62 bits per heavy atom. The van der Waals surface area contributed by atoms with Crippen molar-refractivity contribution in [3.8, 4) is 0 Å². The number of amides is 1. The Morgan fingerprint density at radius 3 is 2.95 bits per heavy atom. The van der Waals surface area contributed by atoms with E-state index in [1.165, 1.54) is 6.07 Å². The van der Waals surface area contributed by atoms with Crippen molar-refractivity contribution in [1.82, 2.24) is 15.2 Å². The highest BCUT2D eigenvalue weighted by atomic mass is 16.6. The van der Waals surface area contributed by atoms with E-state index in [9.17, 15) is 14.9 Å². The third kappa shape index (κ3) is 3.66. The van der Waals surface area contributed by atoms with Crippen LogP contribution in [0, 0.1) is 16.0 Å². The SMILES string of the molecule is CNc1cc(C(=O)NCC2CCN(C)C2)c([N+](=O)[O-])cn1. The van der Waals surface area contributed by atoms with Crippen LogP contribution in [0.2, 0.25) is 0 Å². The Kier molecular flexibility index (Phi) is 4.69. The third-order valence-corrected chi connectivity index (χ3v) is 3.62. The van der Waals surface area contributed by atoms with Gasteiger partial charge in [-0.3, -0.25) is 14.9 Å². The molecule has 1 fully saturated rings. The van der Waals surface area contributed by atoms with Crippen LogP contribution >= 0.6 is 0 Å². The molecule has 114 valence electrons. The van der Waals surface area contributed by atoms with Crippen LogP contribution in [0.25, 0.3) is 0 Å². The molecular weight excluding hydrogens is 274 g/mol. The van der Waals surface area contributed by atoms with Crippen LogP contribution in [0.4, 0.5) is 11.5 Å². The van der Waals surface area contributed by atoms with Crippen LogP contribution < -0.4 is 10.6 Å². The van der Waals surface area contributed by atoms with Crippen molar-refractivity contribution in [3.63, 3.8) is 0 Å². The molecule has 2 rings (SSSR count). The van der Waals surface area contributed by atoms with Crippen LogP contribution in [-0.4, -0.2) is 54.4 Å². The number of likely N-dealkylation sites (tertiary alicyclic amines) is 1. The molecular formula is C13H19N5O3. The fourth-order valence-electron chi connectivity index (χ4n) is 2.44. The third-order valence-electron chi connectivity index (χ3n) is 3.62. The van der Waals surface area contributed by atoms with Crippen molar-refractivity contribution >= 4 is 17.4 Å². The van der Waals surface area contributed by atoms with E-state index in [1.807, 2.05) is 7.05 Å². The highest BCUT2D eigenvalue weighted by Gasteiger charge is 2.24. The van der Waals surface area contributed by atoms with E-state index in [0.717, 1.165) is 25.7 Å². The molecule has 8 heteroatoms. The maximum Gasteiger partial charge on any atom is 0.300 e. The van der Waals surface area contributed by atoms with E-state index < -0.39 is 10.8 Å². The number of hydrogen-bond donors (Lipinski definition) is 2. The van der Waals surface area contributed by atoms with Crippen LogP contribution in [0.15, 0.2) is 12.3 Å². The second-order valence-electron chi connectivity index (χ2n) is 5.22. The number of carbonyl (C=O) groups excluding carboxylic acids is 1. The zero-order chi connectivity index (χ0) is 15.4. The Morgan fingerprint density at radius 2 is 2.38 bits per heavy atom. The summed E-state index contributed by atoms with van der Waals surface area (Å²) in [4.78, 5) is 28.7. The summed E-state index contributed by atoms with van der Waals surface area (Å²) in [6.07, 6.45) is 2.13. The van der Waals surface area contributed by atoms with Crippen molar-refractivity contribution in [3.05, 3.63) is 27.9 Å². The number of carbonyl (C=O) groups is 1. The highest BCUT2D eigenvalue weighted by Crippen LogP contribution is 2.20. The van der Waals surface area contributed by atoms with E-state index in [-0.39, 0.29) is 11.3 Å². The van der Waals surface area contributed by atoms with Crippen molar-refractivity contribution in [2.75, 3.05) is 39.0 Å². The zero-order valence-electron chi connectivity index (χ0n) is 12.1. The summed E-state index contributed by atoms with van der Waals surface area (Å²) in [6, 6.07) is 1.40. The topological polar surface area (TPSA) is 100 Å². The Bertz CT molecular complexity index is 549. The smallest absolute Gasteiger partial charge is 0.300 e. The van der Waals surface area contributed by atoms with Crippen LogP contribution in [0.3, 0.4) is 0 Å². The summed E-state index contributed by atoms with van der Waals surface area (Å²) in [5.74, 6) is 0.380. The van der Waals surface area contributed by atoms with E-state index in [0.29, 0.717) is 18.3 Å². The van der Waals surface area contributed by atoms with Gasteiger partial charge in [-0.15, -0.1) is 0 Å². The first kappa shape index (κ1) is 15.2. The minimum Gasteiger partial charge on any atom is -0.373 e. The number of pyridine rings is 1. The number of nitro groups is 1. The van der Waals surface area contributed by atoms with Gasteiger partial charge in [-0.2, -0.15) is 0 Å². The van der Waals surface area contributed by atoms with E-state index in [4.69, 9.17) is 0 Å². The molecule has 1 atom stereocenters. The zero-order valence-corrected chi connectivity index (χ0v) is 12.1. The summed E-state index contributed by atoms with van der Waals surface area (Å²) < 4.78 is 0. The fourth-order valence-corrected chi connectivity index (χ4v) is 2.44. The number of rotatable bonds is 5. The van der Waals surface area contributed by atoms with Crippen molar-refractivity contribution in [2.24, 2.45) is 5.92 Å². The Labute approximate surface area is 122 Å². The molecule has 0 aliphatic carbocycles. The summed E-state index contributed by atoms with van der Waals surface area (Å²) in [7, 11) is 3.68. The van der Waals surface area contributed by atoms with E-state index >= 15 is 0 Å². The second kappa shape index (κ2) is 6.49. The van der Waals surface area contributed by atoms with Gasteiger partial charge < -0.3 is 15.5 Å². The monoisotopic (exact) mass is 293 g/mol. The lowest BCUT2D eigenvalue weighted by molar-refractivity contribution is -0.385. The molecule has 0 bridgehead atoms. The van der Waals surface area contributed by atoms with Crippen LogP contribution in [-0.2, 0) is 0 Å². The quantitative estimate of drug-likeness (QED) is 0.612. The molecule has 1 unspecified atom stereocenters. The molecule has 1 amide bonds. The number of anilines is 1. The first-order valence-electron chi connectivity index (χ1n) is 6.80. The van der Waals surface area contributed by atoms with Gasteiger partial charge in [-0.25, -0.2) is 4.98 Å². The highest BCUT2D eigenvalue weighted by molar-refractivity contribution is 5.98. The molecule has 8 nitrogen and oxygen atoms in total. The molecule has 0 spiro atoms. The van der Waals surface area contributed by atoms with Crippen molar-refractivity contribution in [2.45, 2.75) is 6.42 Å². The van der Waals surface area contributed by atoms with Crippen molar-refractivity contribution < 1.29 is 9.72 Å². The van der Waals surface area contributed by atoms with Gasteiger partial charge in [0.05, 0.1) is 4.92 Å². The predicted molar refractivity (Wildman–Crippen MR) is 78.4 cm³/mol. The number of hydrogen-bond acceptors (Lipinski definition) is 6. The lowest BCUT2D eigenvalue weighted by atomic mass is 10.1. The Balaban J connectivity index is 2.08. The molecule has 0 saturated carbocycles. The van der Waals surface area contributed by atoms with Gasteiger partial charge in [0.2, 0.25) is 0 Å². The lowest BCUT2D eigenvalue weighted by Crippen LogP contribution is -2.31. The van der Waals surface area contributed by atoms with Crippen LogP contribution in [0.1, 0.15) is 16.8 Å². The summed E-state index contributed by atoms with van der Waals surface area (Å²) >= 11 is 0. The maximum atomic E-state index is 12.2. The van der Waals surface area contributed by atoms with Gasteiger partial charge in [0.1, 0.15) is 17.6 Å². The fraction of sp³-hybridized carbons (Fsp3) is 0.538. The van der Waals surface area contributed by atoms with Gasteiger partial charge in [0.15, 0.2) is 0 Å². The average molecular weight is 293 g/mol. The Hall–Kier alpha value is -2.22. The van der Waals surface area contributed by atoms with Gasteiger partial charge >= 0.3 is 0 Å². The molecule has 21 heavy (non-hydrogen) atoms. The average Bonchev–Trinajstić information content (AvgIpc) is 2.89. The molecule has 1 saturated heterocycles. The van der Waals surface area contributed by atoms with Gasteiger partial charge in [0.25, 0.3) is 11.6 Å². The standard InChI is InChI=1S/C13H19N5O3/c1-14-12-5-10(11(7-15-12)18(20)21)13(19)16-6-9-3-4-17(2)8-9/h5,7,9H,3-4,6,8H2,1-2H3,(H,14,15)(H,16,19). The number of aromatic nitrogens is 1. The second-order valence-corrected chi connectivity index (χ2v) is 5.22. The molecule has 1 aliphatic heterocycles. The molecule has 0 aromatic carbocycles. The minimum atomic E-state index is -0.593. The van der Waals surface area contributed by atoms with Crippen molar-refractivity contribution in [1.29, 1.82) is 0 Å². The normalized spacial score (nSPS) is 18.5. The lowest BCUT2D eigenvalue weighted by Gasteiger charge is -2.12. The van der Waals surface area contributed by atoms with Gasteiger partial charge in [-0.1, -0.05) is 0 Å². The molecule has 1 aromatic heterocycles. The maximum absolute atomic E-state index is 12.2. The molecule has 1 aliphatic rings. The summed E-state index contributed by atoms with van der Waals surface area (Å²) in [5, 5.41) is 16.5. The minimum absolute atomic E-state index is 0.0331. The van der Waals surface area contributed by atoms with E-state index in [1.54, 1.807) is 7.05 Å². The molecule has 0 radical (unpaired) electrons. The summed E-state index contributed by atoms with van der Waals surface area (Å²) in [5.41, 5.74) is -0.249.